The van der Waals surface area contributed by atoms with Crippen molar-refractivity contribution < 1.29 is 13.9 Å². The molecule has 16 aliphatic rings. The van der Waals surface area contributed by atoms with E-state index in [9.17, 15) is 4.39 Å². The lowest BCUT2D eigenvalue weighted by atomic mass is 9.78. The molecule has 12 nitrogen and oxygen atoms in total. The number of rotatable bonds is 15. The summed E-state index contributed by atoms with van der Waals surface area (Å²) in [6, 6.07) is 41.9. The van der Waals surface area contributed by atoms with E-state index in [-0.39, 0.29) is 5.82 Å². The molecule has 10 bridgehead atoms. The van der Waals surface area contributed by atoms with Gasteiger partial charge in [0.2, 0.25) is 0 Å². The SMILES string of the molecule is CCOc1ccccc1N1CCN(CC2CCCCC2)CC1.COc1ccccc1N1CCN(C2CC3CCC2C3)CC1.Cc1ccc(C)c(N2CCN(CC3CC4C=CC3C4)CC2)c1.Clc1ccc(N2CCN(C3C4CC5CC(C4)C3C5)CC2)cc1.Fc1ccccc1N1CCN(C2CC3CCC2C3)CC1. The van der Waals surface area contributed by atoms with Gasteiger partial charge in [-0.3, -0.25) is 24.5 Å². The number of hydrogen-bond donors (Lipinski definition) is 0. The third-order valence-corrected chi connectivity index (χ3v) is 29.9. The van der Waals surface area contributed by atoms with Gasteiger partial charge >= 0.3 is 0 Å². The molecule has 0 spiro atoms. The van der Waals surface area contributed by atoms with Gasteiger partial charge in [0, 0.05) is 179 Å². The minimum atomic E-state index is -0.0825. The fourth-order valence-electron chi connectivity index (χ4n) is 24.3. The second-order valence-electron chi connectivity index (χ2n) is 35.9. The van der Waals surface area contributed by atoms with E-state index >= 15 is 0 Å². The number of aryl methyl sites for hydroxylation is 2. The maximum absolute atomic E-state index is 13.8. The quantitative estimate of drug-likeness (QED) is 0.0939. The number of anilines is 5. The van der Waals surface area contributed by atoms with E-state index in [1.165, 1.54) is 228 Å². The molecule has 10 saturated carbocycles. The minimum Gasteiger partial charge on any atom is -0.495 e. The van der Waals surface area contributed by atoms with E-state index in [1.54, 1.807) is 38.5 Å². The summed E-state index contributed by atoms with van der Waals surface area (Å²) in [7, 11) is 1.77. The monoisotopic (exact) mass is 1480 g/mol. The van der Waals surface area contributed by atoms with Crippen LogP contribution < -0.4 is 34.0 Å². The molecule has 107 heavy (non-hydrogen) atoms. The summed E-state index contributed by atoms with van der Waals surface area (Å²) in [6.45, 7) is 33.0. The first-order chi connectivity index (χ1) is 52.5. The van der Waals surface area contributed by atoms with Gasteiger partial charge in [-0.2, -0.15) is 0 Å². The molecular formula is C93H132ClFN10O2. The normalized spacial score (nSPS) is 31.8. The molecule has 0 aromatic heterocycles. The molecule has 14 heteroatoms. The van der Waals surface area contributed by atoms with Crippen molar-refractivity contribution in [3.63, 3.8) is 0 Å². The predicted octanol–water partition coefficient (Wildman–Crippen LogP) is 17.5. The Morgan fingerprint density at radius 3 is 1.52 bits per heavy atom. The Bertz CT molecular complexity index is 3640. The van der Waals surface area contributed by atoms with Crippen molar-refractivity contribution in [1.82, 2.24) is 24.5 Å². The number of piperazine rings is 5. The van der Waals surface area contributed by atoms with Gasteiger partial charge in [0.05, 0.1) is 30.8 Å². The van der Waals surface area contributed by atoms with Crippen molar-refractivity contribution >= 4 is 40.0 Å². The second-order valence-corrected chi connectivity index (χ2v) is 36.4. The van der Waals surface area contributed by atoms with E-state index in [0.717, 1.165) is 170 Å². The first-order valence-corrected chi connectivity index (χ1v) is 43.9. The Morgan fingerprint density at radius 2 is 0.963 bits per heavy atom. The molecule has 0 radical (unpaired) electrons. The number of methoxy groups -OCH3 is 1. The summed E-state index contributed by atoms with van der Waals surface area (Å²) in [5.41, 5.74) is 8.86. The predicted molar refractivity (Wildman–Crippen MR) is 443 cm³/mol. The molecule has 5 saturated heterocycles. The molecule has 21 rings (SSSR count). The second kappa shape index (κ2) is 35.4. The standard InChI is InChI=1S/C20H28N2.C19H25ClN2.C19H30N2O.C18H26N2O.C17H23FN2/c1-15-3-4-16(2)20(11-15)22-9-7-21(8-10-22)14-19-13-17-5-6-18(19)12-17;20-16-1-3-17(4-2-16)21-5-7-22(8-6-21)19-15-10-13-9-14(12-15)18(19)11-13;1-2-22-19-11-7-6-10-18(19)21-14-12-20(13-15-21)16-17-8-4-3-5-9-17;1-21-18-5-3-2-4-16(18)19-8-10-20(11-9-19)17-13-14-6-7-15(17)12-14;18-15-3-1-2-4-16(15)19-7-9-20(10-8-19)17-12-13-5-6-14(17)11-13/h3-6,11,17-19H,7-10,12-14H2,1-2H3;1-4,13-15,18-19H,5-12H2;6-7,10-11,17H,2-5,8-9,12-16H2,1H3;2-5,14-15,17H,6-13H2,1H3;1-4,13-14,17H,5-12H2. The summed E-state index contributed by atoms with van der Waals surface area (Å²) in [5.74, 6) is 13.9. The molecule has 580 valence electrons. The van der Waals surface area contributed by atoms with Crippen LogP contribution in [0.1, 0.15) is 140 Å². The van der Waals surface area contributed by atoms with E-state index < -0.39 is 0 Å². The lowest BCUT2D eigenvalue weighted by Crippen LogP contribution is -2.54. The van der Waals surface area contributed by atoms with Crippen LogP contribution in [0.15, 0.2) is 127 Å². The first kappa shape index (κ1) is 75.5. The fraction of sp³-hybridized carbons (Fsp3) is 0.656. The number of para-hydroxylation sites is 5. The van der Waals surface area contributed by atoms with Gasteiger partial charge in [-0.1, -0.05) is 104 Å². The van der Waals surface area contributed by atoms with Crippen LogP contribution in [-0.4, -0.2) is 200 Å². The van der Waals surface area contributed by atoms with Crippen LogP contribution in [0.5, 0.6) is 11.5 Å². The van der Waals surface area contributed by atoms with Crippen LogP contribution in [0, 0.1) is 90.7 Å². The molecule has 11 aliphatic carbocycles. The Morgan fingerprint density at radius 1 is 0.430 bits per heavy atom. The number of halogens is 2. The summed E-state index contributed by atoms with van der Waals surface area (Å²) in [6.07, 6.45) is 33.1. The van der Waals surface area contributed by atoms with Crippen molar-refractivity contribution in [3.05, 3.63) is 149 Å². The van der Waals surface area contributed by atoms with E-state index in [0.29, 0.717) is 0 Å². The molecule has 15 fully saturated rings. The van der Waals surface area contributed by atoms with Crippen molar-refractivity contribution in [2.75, 3.05) is 182 Å². The summed E-state index contributed by atoms with van der Waals surface area (Å²) in [4.78, 5) is 26.0. The number of hydrogen-bond acceptors (Lipinski definition) is 12. The topological polar surface area (TPSA) is 50.9 Å². The van der Waals surface area contributed by atoms with Crippen molar-refractivity contribution in [3.8, 4) is 11.5 Å². The maximum Gasteiger partial charge on any atom is 0.146 e. The lowest BCUT2D eigenvalue weighted by Gasteiger charge is -2.45. The molecule has 5 aromatic carbocycles. The van der Waals surface area contributed by atoms with Gasteiger partial charge in [-0.15, -0.1) is 0 Å². The molecule has 5 aromatic rings. The summed E-state index contributed by atoms with van der Waals surface area (Å²) in [5, 5.41) is 0.833. The number of ether oxygens (including phenoxy) is 2. The largest absolute Gasteiger partial charge is 0.495 e. The fourth-order valence-corrected chi connectivity index (χ4v) is 24.4. The maximum atomic E-state index is 13.8. The molecule has 14 atom stereocenters. The van der Waals surface area contributed by atoms with Crippen LogP contribution in [0.3, 0.4) is 0 Å². The third kappa shape index (κ3) is 18.0. The lowest BCUT2D eigenvalue weighted by molar-refractivity contribution is 0.0817. The van der Waals surface area contributed by atoms with Gasteiger partial charge in [0.25, 0.3) is 0 Å². The molecular weight excluding hydrogens is 1340 g/mol. The number of fused-ring (bicyclic) bond motifs is 6. The highest BCUT2D eigenvalue weighted by atomic mass is 35.5. The van der Waals surface area contributed by atoms with Crippen molar-refractivity contribution in [2.24, 2.45) is 71.0 Å². The van der Waals surface area contributed by atoms with Crippen molar-refractivity contribution in [1.29, 1.82) is 0 Å². The average Bonchev–Trinajstić information content (AvgIpc) is 1.58. The highest BCUT2D eigenvalue weighted by Gasteiger charge is 2.56. The number of nitrogens with zero attached hydrogens (tertiary/aromatic N) is 10. The van der Waals surface area contributed by atoms with Crippen LogP contribution in [0.25, 0.3) is 0 Å². The van der Waals surface area contributed by atoms with Crippen LogP contribution in [-0.2, 0) is 0 Å². The average molecular weight is 1480 g/mol. The van der Waals surface area contributed by atoms with E-state index in [1.807, 2.05) is 30.3 Å². The van der Waals surface area contributed by atoms with Gasteiger partial charge < -0.3 is 34.0 Å². The van der Waals surface area contributed by atoms with Crippen LogP contribution in [0.2, 0.25) is 5.02 Å². The van der Waals surface area contributed by atoms with Crippen LogP contribution >= 0.6 is 11.6 Å². The minimum absolute atomic E-state index is 0.0825. The zero-order valence-corrected chi connectivity index (χ0v) is 66.8. The molecule has 0 N–H and O–H groups in total. The molecule has 5 aliphatic heterocycles. The molecule has 0 amide bonds. The number of benzene rings is 5. The Kier molecular flexibility index (Phi) is 25.0. The van der Waals surface area contributed by atoms with Gasteiger partial charge in [-0.05, 0) is 260 Å². The highest BCUT2D eigenvalue weighted by molar-refractivity contribution is 6.30. The van der Waals surface area contributed by atoms with Gasteiger partial charge in [0.1, 0.15) is 17.3 Å². The summed E-state index contributed by atoms with van der Waals surface area (Å²) < 4.78 is 25.1. The highest BCUT2D eigenvalue weighted by Crippen LogP contribution is 2.60. The van der Waals surface area contributed by atoms with Gasteiger partial charge in [0.15, 0.2) is 0 Å². The van der Waals surface area contributed by atoms with E-state index in [4.69, 9.17) is 21.1 Å². The Balaban J connectivity index is 0.000000102. The molecule has 14 unspecified atom stereocenters. The molecule has 5 heterocycles. The van der Waals surface area contributed by atoms with Crippen LogP contribution in [0.4, 0.5) is 32.8 Å². The first-order valence-electron chi connectivity index (χ1n) is 43.5. The third-order valence-electron chi connectivity index (χ3n) is 29.6. The number of allylic oxidation sites excluding steroid dienone is 2. The smallest absolute Gasteiger partial charge is 0.146 e. The summed E-state index contributed by atoms with van der Waals surface area (Å²) >= 11 is 6.01. The van der Waals surface area contributed by atoms with Crippen molar-refractivity contribution in [2.45, 2.75) is 161 Å². The zero-order chi connectivity index (χ0) is 72.7. The van der Waals surface area contributed by atoms with Gasteiger partial charge in [-0.25, -0.2) is 4.39 Å². The Labute approximate surface area is 649 Å². The Hall–Kier alpha value is -5.54. The zero-order valence-electron chi connectivity index (χ0n) is 66.0. The van der Waals surface area contributed by atoms with E-state index in [2.05, 4.69) is 155 Å².